The number of amides is 2. The number of halogens is 2. The van der Waals surface area contributed by atoms with Gasteiger partial charge in [0.2, 0.25) is 0 Å². The lowest BCUT2D eigenvalue weighted by atomic mass is 9.93. The normalized spacial score (nSPS) is 21.6. The molecule has 156 valence electrons. The molecular weight excluding hydrogens is 397 g/mol. The van der Waals surface area contributed by atoms with Crippen molar-refractivity contribution in [1.82, 2.24) is 14.7 Å². The second kappa shape index (κ2) is 8.59. The van der Waals surface area contributed by atoms with Gasteiger partial charge in [0.15, 0.2) is 0 Å². The third-order valence-electron chi connectivity index (χ3n) is 5.62. The van der Waals surface area contributed by atoms with Crippen LogP contribution in [0.25, 0.3) is 0 Å². The highest BCUT2D eigenvalue weighted by molar-refractivity contribution is 6.31. The number of urea groups is 1. The molecule has 2 N–H and O–H groups in total. The molecule has 0 spiro atoms. The molecule has 1 aliphatic heterocycles. The highest BCUT2D eigenvalue weighted by Gasteiger charge is 2.25. The molecule has 2 amide bonds. The first-order chi connectivity index (χ1) is 14.0. The Morgan fingerprint density at radius 3 is 2.76 bits per heavy atom. The summed E-state index contributed by atoms with van der Waals surface area (Å²) >= 11 is 5.78. The molecule has 1 saturated carbocycles. The zero-order valence-corrected chi connectivity index (χ0v) is 17.1. The number of hydrogen-bond donors (Lipinski definition) is 2. The number of fused-ring (bicyclic) bond motifs is 1. The summed E-state index contributed by atoms with van der Waals surface area (Å²) in [6.45, 7) is 1.64. The molecule has 1 aliphatic carbocycles. The smallest absolute Gasteiger partial charge is 0.322 e. The Hall–Kier alpha value is -2.32. The van der Waals surface area contributed by atoms with Crippen LogP contribution in [0.5, 0.6) is 0 Å². The molecule has 0 saturated heterocycles. The van der Waals surface area contributed by atoms with Gasteiger partial charge in [-0.3, -0.25) is 4.68 Å². The molecule has 0 radical (unpaired) electrons. The second-order valence-corrected chi connectivity index (χ2v) is 7.99. The minimum atomic E-state index is -0.512. The predicted molar refractivity (Wildman–Crippen MR) is 110 cm³/mol. The summed E-state index contributed by atoms with van der Waals surface area (Å²) in [7, 11) is 1.77. The monoisotopic (exact) mass is 421 g/mol. The number of ether oxygens (including phenoxy) is 1. The van der Waals surface area contributed by atoms with E-state index in [0.29, 0.717) is 37.5 Å². The maximum Gasteiger partial charge on any atom is 0.322 e. The Morgan fingerprint density at radius 1 is 1.24 bits per heavy atom. The molecular formula is C20H25ClFN5O2. The van der Waals surface area contributed by atoms with E-state index in [2.05, 4.69) is 15.7 Å². The Balaban J connectivity index is 1.35. The van der Waals surface area contributed by atoms with E-state index >= 15 is 0 Å². The van der Waals surface area contributed by atoms with Gasteiger partial charge < -0.3 is 20.3 Å². The van der Waals surface area contributed by atoms with Crippen LogP contribution in [-0.4, -0.2) is 46.5 Å². The fourth-order valence-corrected chi connectivity index (χ4v) is 4.12. The van der Waals surface area contributed by atoms with Crippen molar-refractivity contribution in [2.24, 2.45) is 0 Å². The first kappa shape index (κ1) is 20.0. The van der Waals surface area contributed by atoms with Crippen LogP contribution in [0.1, 0.15) is 31.4 Å². The predicted octanol–water partition coefficient (Wildman–Crippen LogP) is 4.09. The maximum atomic E-state index is 13.3. The van der Waals surface area contributed by atoms with Gasteiger partial charge in [-0.15, -0.1) is 0 Å². The molecule has 0 unspecified atom stereocenters. The van der Waals surface area contributed by atoms with Gasteiger partial charge in [0.25, 0.3) is 0 Å². The van der Waals surface area contributed by atoms with E-state index in [4.69, 9.17) is 16.3 Å². The minimum Gasteiger partial charge on any atom is -0.381 e. The molecule has 0 bridgehead atoms. The number of nitrogens with zero attached hydrogens (tertiary/aromatic N) is 3. The summed E-state index contributed by atoms with van der Waals surface area (Å²) < 4.78 is 20.7. The number of carbonyl (C=O) groups is 1. The number of hydrogen-bond acceptors (Lipinski definition) is 4. The lowest BCUT2D eigenvalue weighted by molar-refractivity contribution is 0.0681. The third kappa shape index (κ3) is 4.64. The Labute approximate surface area is 174 Å². The van der Waals surface area contributed by atoms with E-state index in [1.807, 2.05) is 10.7 Å². The third-order valence-corrected chi connectivity index (χ3v) is 5.91. The SMILES string of the molecule is COC1CCC(Nc2cc3n(n2)CCN(C(=O)Nc2ccc(F)c(Cl)c2)C3)CC1. The van der Waals surface area contributed by atoms with Gasteiger partial charge in [0, 0.05) is 31.5 Å². The number of carbonyl (C=O) groups excluding carboxylic acids is 1. The molecule has 2 aliphatic rings. The van der Waals surface area contributed by atoms with Crippen LogP contribution in [0.4, 0.5) is 20.7 Å². The van der Waals surface area contributed by atoms with Gasteiger partial charge in [-0.05, 0) is 43.9 Å². The van der Waals surface area contributed by atoms with Gasteiger partial charge in [-0.25, -0.2) is 9.18 Å². The van der Waals surface area contributed by atoms with Crippen LogP contribution < -0.4 is 10.6 Å². The first-order valence-corrected chi connectivity index (χ1v) is 10.3. The molecule has 29 heavy (non-hydrogen) atoms. The van der Waals surface area contributed by atoms with E-state index in [9.17, 15) is 9.18 Å². The Kier molecular flexibility index (Phi) is 5.91. The minimum absolute atomic E-state index is 0.0187. The van der Waals surface area contributed by atoms with Gasteiger partial charge in [-0.1, -0.05) is 11.6 Å². The van der Waals surface area contributed by atoms with E-state index in [1.54, 1.807) is 12.0 Å². The number of nitrogens with one attached hydrogen (secondary N) is 2. The molecule has 0 atom stereocenters. The van der Waals surface area contributed by atoms with Crippen molar-refractivity contribution in [3.05, 3.63) is 40.8 Å². The maximum absolute atomic E-state index is 13.3. The van der Waals surface area contributed by atoms with E-state index in [1.165, 1.54) is 18.2 Å². The lowest BCUT2D eigenvalue weighted by Gasteiger charge is -2.28. The van der Waals surface area contributed by atoms with Gasteiger partial charge in [0.1, 0.15) is 11.6 Å². The fourth-order valence-electron chi connectivity index (χ4n) is 3.94. The fraction of sp³-hybridized carbons (Fsp3) is 0.500. The zero-order chi connectivity index (χ0) is 20.4. The number of anilines is 2. The average molecular weight is 422 g/mol. The van der Waals surface area contributed by atoms with Crippen molar-refractivity contribution in [3.8, 4) is 0 Å². The van der Waals surface area contributed by atoms with Gasteiger partial charge in [-0.2, -0.15) is 5.10 Å². The summed E-state index contributed by atoms with van der Waals surface area (Å²) in [5, 5.41) is 10.9. The van der Waals surface area contributed by atoms with Crippen molar-refractivity contribution in [2.75, 3.05) is 24.3 Å². The molecule has 1 aromatic heterocycles. The molecule has 4 rings (SSSR count). The summed E-state index contributed by atoms with van der Waals surface area (Å²) in [4.78, 5) is 14.3. The number of benzene rings is 1. The largest absolute Gasteiger partial charge is 0.381 e. The summed E-state index contributed by atoms with van der Waals surface area (Å²) in [6.07, 6.45) is 4.61. The van der Waals surface area contributed by atoms with Crippen molar-refractivity contribution in [1.29, 1.82) is 0 Å². The number of methoxy groups -OCH3 is 1. The first-order valence-electron chi connectivity index (χ1n) is 9.89. The molecule has 2 heterocycles. The highest BCUT2D eigenvalue weighted by Crippen LogP contribution is 2.25. The second-order valence-electron chi connectivity index (χ2n) is 7.58. The van der Waals surface area contributed by atoms with E-state index in [-0.39, 0.29) is 11.1 Å². The average Bonchev–Trinajstić information content (AvgIpc) is 3.12. The molecule has 1 aromatic carbocycles. The van der Waals surface area contributed by atoms with Crippen LogP contribution in [0, 0.1) is 5.82 Å². The molecule has 1 fully saturated rings. The number of aromatic nitrogens is 2. The van der Waals surface area contributed by atoms with E-state index < -0.39 is 5.82 Å². The molecule has 9 heteroatoms. The van der Waals surface area contributed by atoms with Crippen molar-refractivity contribution < 1.29 is 13.9 Å². The van der Waals surface area contributed by atoms with Gasteiger partial charge in [0.05, 0.1) is 29.9 Å². The van der Waals surface area contributed by atoms with Crippen molar-refractivity contribution in [2.45, 2.75) is 50.9 Å². The quantitative estimate of drug-likeness (QED) is 0.779. The lowest BCUT2D eigenvalue weighted by Crippen LogP contribution is -2.40. The van der Waals surface area contributed by atoms with Crippen LogP contribution in [0.15, 0.2) is 24.3 Å². The zero-order valence-electron chi connectivity index (χ0n) is 16.3. The van der Waals surface area contributed by atoms with Crippen LogP contribution >= 0.6 is 11.6 Å². The Bertz CT molecular complexity index is 882. The molecule has 7 nitrogen and oxygen atoms in total. The highest BCUT2D eigenvalue weighted by atomic mass is 35.5. The number of rotatable bonds is 4. The summed E-state index contributed by atoms with van der Waals surface area (Å²) in [5.41, 5.74) is 1.45. The van der Waals surface area contributed by atoms with Crippen LogP contribution in [-0.2, 0) is 17.8 Å². The van der Waals surface area contributed by atoms with Crippen molar-refractivity contribution >= 4 is 29.1 Å². The van der Waals surface area contributed by atoms with Crippen molar-refractivity contribution in [3.63, 3.8) is 0 Å². The topological polar surface area (TPSA) is 71.4 Å². The summed E-state index contributed by atoms with van der Waals surface area (Å²) in [6, 6.07) is 6.31. The van der Waals surface area contributed by atoms with Crippen LogP contribution in [0.3, 0.4) is 0 Å². The van der Waals surface area contributed by atoms with Gasteiger partial charge >= 0.3 is 6.03 Å². The van der Waals surface area contributed by atoms with E-state index in [0.717, 1.165) is 37.2 Å². The summed E-state index contributed by atoms with van der Waals surface area (Å²) in [5.74, 6) is 0.343. The molecule has 2 aromatic rings. The standard InChI is InChI=1S/C20H25ClFN5O2/c1-29-16-5-2-13(3-6-16)23-19-11-15-12-26(8-9-27(15)25-19)20(28)24-14-4-7-18(22)17(21)10-14/h4,7,10-11,13,16H,2-3,5-6,8-9,12H2,1H3,(H,23,25)(H,24,28). The van der Waals surface area contributed by atoms with Crippen LogP contribution in [0.2, 0.25) is 5.02 Å². The Morgan fingerprint density at radius 2 is 2.03 bits per heavy atom.